The average molecular weight is 499 g/mol. The molecule has 5 rings (SSSR count). The third-order valence-electron chi connectivity index (χ3n) is 5.81. The fourth-order valence-corrected chi connectivity index (χ4v) is 3.95. The molecule has 0 spiro atoms. The molecule has 0 atom stereocenters. The van der Waals surface area contributed by atoms with E-state index in [2.05, 4.69) is 10.4 Å². The van der Waals surface area contributed by atoms with E-state index in [1.54, 1.807) is 30.3 Å². The highest BCUT2D eigenvalue weighted by Gasteiger charge is 2.34. The average Bonchev–Trinajstić information content (AvgIpc) is 3.37. The van der Waals surface area contributed by atoms with Gasteiger partial charge in [-0.2, -0.15) is 0 Å². The first-order valence-electron chi connectivity index (χ1n) is 11.1. The number of amides is 3. The third-order valence-corrected chi connectivity index (χ3v) is 5.81. The molecule has 3 aromatic carbocycles. The van der Waals surface area contributed by atoms with Gasteiger partial charge in [0.1, 0.15) is 11.5 Å². The second kappa shape index (κ2) is 9.38. The number of imide groups is 1. The molecule has 0 saturated carbocycles. The fourth-order valence-electron chi connectivity index (χ4n) is 3.95. The Hall–Kier alpha value is -5.32. The molecule has 2 heterocycles. The highest BCUT2D eigenvalue weighted by molar-refractivity contribution is 6.14. The Bertz CT molecular complexity index is 1610. The smallest absolute Gasteiger partial charge is 0.303 e. The molecular weight excluding hydrogens is 481 g/mol. The van der Waals surface area contributed by atoms with Crippen LogP contribution in [0.3, 0.4) is 0 Å². The van der Waals surface area contributed by atoms with E-state index in [1.807, 2.05) is 0 Å². The van der Waals surface area contributed by atoms with Gasteiger partial charge in [-0.1, -0.05) is 42.5 Å². The van der Waals surface area contributed by atoms with Crippen molar-refractivity contribution in [3.8, 4) is 16.9 Å². The number of urea groups is 1. The maximum absolute atomic E-state index is 13.4. The quantitative estimate of drug-likeness (QED) is 0.179. The summed E-state index contributed by atoms with van der Waals surface area (Å²) in [7, 11) is 0. The van der Waals surface area contributed by atoms with Crippen molar-refractivity contribution in [2.75, 3.05) is 0 Å². The van der Waals surface area contributed by atoms with Crippen molar-refractivity contribution < 1.29 is 18.9 Å². The molecule has 1 aromatic heterocycles. The summed E-state index contributed by atoms with van der Waals surface area (Å²) in [6.07, 6.45) is 1.30. The van der Waals surface area contributed by atoms with Gasteiger partial charge in [-0.25, -0.2) is 13.9 Å². The summed E-state index contributed by atoms with van der Waals surface area (Å²) in [6.45, 7) is -0.0754. The van der Waals surface area contributed by atoms with Crippen molar-refractivity contribution in [2.45, 2.75) is 6.54 Å². The number of hydrogen-bond donors (Lipinski definition) is 2. The van der Waals surface area contributed by atoms with Crippen LogP contribution in [0, 0.1) is 15.9 Å². The van der Waals surface area contributed by atoms with Crippen molar-refractivity contribution in [3.63, 3.8) is 0 Å². The summed E-state index contributed by atoms with van der Waals surface area (Å²) in [6, 6.07) is 19.0. The number of benzene rings is 3. The summed E-state index contributed by atoms with van der Waals surface area (Å²) < 4.78 is 14.4. The highest BCUT2D eigenvalue weighted by Crippen LogP contribution is 2.25. The van der Waals surface area contributed by atoms with Crippen LogP contribution in [0.25, 0.3) is 23.0 Å². The lowest BCUT2D eigenvalue weighted by Gasteiger charge is -2.11. The summed E-state index contributed by atoms with van der Waals surface area (Å²) >= 11 is 0. The Morgan fingerprint density at radius 3 is 2.24 bits per heavy atom. The Kier molecular flexibility index (Phi) is 5.94. The minimum absolute atomic E-state index is 0.0754. The maximum atomic E-state index is 13.4. The molecular formula is C26H18FN5O5. The number of non-ortho nitro benzene ring substituents is 1. The minimum atomic E-state index is -0.673. The zero-order chi connectivity index (χ0) is 26.1. The van der Waals surface area contributed by atoms with Crippen LogP contribution in [0.1, 0.15) is 11.1 Å². The summed E-state index contributed by atoms with van der Waals surface area (Å²) in [5, 5.41) is 16.5. The zero-order valence-electron chi connectivity index (χ0n) is 19.1. The van der Waals surface area contributed by atoms with Gasteiger partial charge in [0.2, 0.25) is 0 Å². The van der Waals surface area contributed by atoms with E-state index in [4.69, 9.17) is 0 Å². The zero-order valence-corrected chi connectivity index (χ0v) is 19.1. The van der Waals surface area contributed by atoms with E-state index < -0.39 is 28.2 Å². The molecule has 4 aromatic rings. The number of H-pyrrole nitrogens is 1. The molecule has 0 unspecified atom stereocenters. The molecule has 1 saturated heterocycles. The first kappa shape index (κ1) is 23.4. The summed E-state index contributed by atoms with van der Waals surface area (Å²) in [5.41, 5.74) is 1.28. The Morgan fingerprint density at radius 1 is 0.919 bits per heavy atom. The highest BCUT2D eigenvalue weighted by atomic mass is 19.1. The fraction of sp³-hybridized carbons (Fsp3) is 0.0385. The predicted molar refractivity (Wildman–Crippen MR) is 132 cm³/mol. The number of nitrogens with zero attached hydrogens (tertiary/aromatic N) is 3. The first-order chi connectivity index (χ1) is 17.8. The van der Waals surface area contributed by atoms with Crippen LogP contribution in [0.5, 0.6) is 0 Å². The van der Waals surface area contributed by atoms with Gasteiger partial charge < -0.3 is 5.32 Å². The number of halogens is 1. The number of rotatable bonds is 6. The summed E-state index contributed by atoms with van der Waals surface area (Å²) in [5.74, 6) is -1.08. The second-order valence-corrected chi connectivity index (χ2v) is 8.19. The van der Waals surface area contributed by atoms with Crippen LogP contribution in [0.15, 0.2) is 89.4 Å². The Labute approximate surface area is 208 Å². The molecule has 184 valence electrons. The van der Waals surface area contributed by atoms with E-state index in [0.717, 1.165) is 4.90 Å². The van der Waals surface area contributed by atoms with Gasteiger partial charge >= 0.3 is 6.03 Å². The normalized spacial score (nSPS) is 14.3. The molecule has 1 aliphatic rings. The second-order valence-electron chi connectivity index (χ2n) is 8.19. The van der Waals surface area contributed by atoms with Crippen molar-refractivity contribution >= 4 is 23.7 Å². The van der Waals surface area contributed by atoms with E-state index in [-0.39, 0.29) is 23.5 Å². The van der Waals surface area contributed by atoms with Crippen molar-refractivity contribution in [1.82, 2.24) is 20.0 Å². The van der Waals surface area contributed by atoms with Gasteiger partial charge in [0.05, 0.1) is 28.4 Å². The van der Waals surface area contributed by atoms with Gasteiger partial charge in [0.25, 0.3) is 17.2 Å². The van der Waals surface area contributed by atoms with Gasteiger partial charge in [-0.15, -0.1) is 0 Å². The SMILES string of the molecule is O=C1N/C(=C\c2c(-c3ccccc3)[nH]n(-c3ccc([N+](=O)[O-])cc3)c2=O)C(=O)N1Cc1ccc(F)cc1. The van der Waals surface area contributed by atoms with Crippen molar-refractivity contribution in [2.24, 2.45) is 0 Å². The maximum Gasteiger partial charge on any atom is 0.329 e. The summed E-state index contributed by atoms with van der Waals surface area (Å²) in [4.78, 5) is 50.5. The largest absolute Gasteiger partial charge is 0.329 e. The third kappa shape index (κ3) is 4.52. The number of nitro groups is 1. The van der Waals surface area contributed by atoms with Crippen molar-refractivity contribution in [1.29, 1.82) is 0 Å². The van der Waals surface area contributed by atoms with Crippen LogP contribution in [0.2, 0.25) is 0 Å². The number of hydrogen-bond acceptors (Lipinski definition) is 5. The number of aromatic nitrogens is 2. The van der Waals surface area contributed by atoms with Gasteiger partial charge in [-0.05, 0) is 35.9 Å². The number of aromatic amines is 1. The Morgan fingerprint density at radius 2 is 1.59 bits per heavy atom. The van der Waals surface area contributed by atoms with Crippen molar-refractivity contribution in [3.05, 3.63) is 122 Å². The van der Waals surface area contributed by atoms with Gasteiger partial charge in [-0.3, -0.25) is 29.7 Å². The molecule has 37 heavy (non-hydrogen) atoms. The molecule has 3 amide bonds. The van der Waals surface area contributed by atoms with E-state index in [9.17, 15) is 28.9 Å². The number of nitrogens with one attached hydrogen (secondary N) is 2. The van der Waals surface area contributed by atoms with Crippen LogP contribution >= 0.6 is 0 Å². The molecule has 2 N–H and O–H groups in total. The van der Waals surface area contributed by atoms with Crippen LogP contribution in [0.4, 0.5) is 14.9 Å². The Balaban J connectivity index is 1.55. The molecule has 10 nitrogen and oxygen atoms in total. The molecule has 1 fully saturated rings. The molecule has 1 aliphatic heterocycles. The van der Waals surface area contributed by atoms with Crippen LogP contribution in [-0.2, 0) is 11.3 Å². The minimum Gasteiger partial charge on any atom is -0.303 e. The number of nitro benzene ring substituents is 1. The van der Waals surface area contributed by atoms with Crippen LogP contribution < -0.4 is 10.9 Å². The van der Waals surface area contributed by atoms with E-state index in [1.165, 1.54) is 59.3 Å². The van der Waals surface area contributed by atoms with Gasteiger partial charge in [0, 0.05) is 17.7 Å². The standard InChI is InChI=1S/C26H18FN5O5/c27-18-8-6-16(7-9-18)15-30-25(34)22(28-26(30)35)14-21-23(17-4-2-1-3-5-17)29-31(24(21)33)19-10-12-20(13-11-19)32(36)37/h1-14,29H,15H2,(H,28,35)/b22-14-. The molecule has 0 bridgehead atoms. The topological polar surface area (TPSA) is 130 Å². The number of carbonyl (C=O) groups excluding carboxylic acids is 2. The lowest BCUT2D eigenvalue weighted by Crippen LogP contribution is -2.30. The first-order valence-corrected chi connectivity index (χ1v) is 11.1. The van der Waals surface area contributed by atoms with Gasteiger partial charge in [0.15, 0.2) is 0 Å². The molecule has 0 aliphatic carbocycles. The van der Waals surface area contributed by atoms with Crippen LogP contribution in [-0.4, -0.2) is 31.5 Å². The molecule has 0 radical (unpaired) electrons. The number of carbonyl (C=O) groups is 2. The lowest BCUT2D eigenvalue weighted by molar-refractivity contribution is -0.384. The molecule has 11 heteroatoms. The lowest BCUT2D eigenvalue weighted by atomic mass is 10.1. The van der Waals surface area contributed by atoms with E-state index in [0.29, 0.717) is 22.5 Å². The van der Waals surface area contributed by atoms with E-state index >= 15 is 0 Å². The predicted octanol–water partition coefficient (Wildman–Crippen LogP) is 3.97. The monoisotopic (exact) mass is 499 g/mol.